The van der Waals surface area contributed by atoms with Gasteiger partial charge in [0.1, 0.15) is 0 Å². The maximum Gasteiger partial charge on any atom is 0.0730 e. The molecule has 0 aliphatic heterocycles. The van der Waals surface area contributed by atoms with Crippen molar-refractivity contribution in [2.24, 2.45) is 11.5 Å². The summed E-state index contributed by atoms with van der Waals surface area (Å²) in [6, 6.07) is 0. The van der Waals surface area contributed by atoms with Gasteiger partial charge in [-0.1, -0.05) is 12.2 Å². The molecule has 0 radical (unpaired) electrons. The summed E-state index contributed by atoms with van der Waals surface area (Å²) in [6.45, 7) is 1.68. The van der Waals surface area contributed by atoms with Crippen molar-refractivity contribution in [3.8, 4) is 0 Å². The summed E-state index contributed by atoms with van der Waals surface area (Å²) in [7, 11) is 0. The zero-order valence-electron chi connectivity index (χ0n) is 6.62. The van der Waals surface area contributed by atoms with Crippen molar-refractivity contribution in [1.82, 2.24) is 0 Å². The fraction of sp³-hybridized carbons (Fsp3) is 0.500. The SMILES string of the molecule is CC(O)C1(N)C=CC(N)=CC1. The van der Waals surface area contributed by atoms with E-state index in [1.807, 2.05) is 6.08 Å². The fourth-order valence-corrected chi connectivity index (χ4v) is 0.992. The number of aliphatic hydroxyl groups is 1. The van der Waals surface area contributed by atoms with Gasteiger partial charge >= 0.3 is 0 Å². The monoisotopic (exact) mass is 154 g/mol. The van der Waals surface area contributed by atoms with E-state index < -0.39 is 11.6 Å². The predicted molar refractivity (Wildman–Crippen MR) is 44.6 cm³/mol. The van der Waals surface area contributed by atoms with Crippen LogP contribution in [0.25, 0.3) is 0 Å². The minimum atomic E-state index is -0.622. The molecule has 1 aliphatic carbocycles. The first kappa shape index (κ1) is 8.30. The van der Waals surface area contributed by atoms with E-state index in [-0.39, 0.29) is 0 Å². The first-order chi connectivity index (χ1) is 5.04. The van der Waals surface area contributed by atoms with Crippen molar-refractivity contribution < 1.29 is 5.11 Å². The molecule has 0 fully saturated rings. The van der Waals surface area contributed by atoms with E-state index in [1.54, 1.807) is 19.1 Å². The Kier molecular flexibility index (Phi) is 2.02. The number of hydrogen-bond acceptors (Lipinski definition) is 3. The van der Waals surface area contributed by atoms with Crippen LogP contribution in [0.2, 0.25) is 0 Å². The second-order valence-corrected chi connectivity index (χ2v) is 3.03. The molecule has 0 aromatic carbocycles. The minimum absolute atomic E-state index is 0.539. The average Bonchev–Trinajstić information content (AvgIpc) is 1.95. The van der Waals surface area contributed by atoms with Crippen LogP contribution in [0, 0.1) is 0 Å². The van der Waals surface area contributed by atoms with Gasteiger partial charge in [-0.25, -0.2) is 0 Å². The number of hydrogen-bond donors (Lipinski definition) is 3. The lowest BCUT2D eigenvalue weighted by Gasteiger charge is -2.30. The van der Waals surface area contributed by atoms with Crippen molar-refractivity contribution in [1.29, 1.82) is 0 Å². The lowest BCUT2D eigenvalue weighted by Crippen LogP contribution is -2.48. The Bertz CT molecular complexity index is 208. The quantitative estimate of drug-likeness (QED) is 0.492. The van der Waals surface area contributed by atoms with Crippen LogP contribution in [0.5, 0.6) is 0 Å². The third-order valence-corrected chi connectivity index (χ3v) is 2.06. The zero-order valence-corrected chi connectivity index (χ0v) is 6.62. The minimum Gasteiger partial charge on any atom is -0.399 e. The lowest BCUT2D eigenvalue weighted by molar-refractivity contribution is 0.128. The highest BCUT2D eigenvalue weighted by Crippen LogP contribution is 2.19. The van der Waals surface area contributed by atoms with E-state index in [0.717, 1.165) is 0 Å². The topological polar surface area (TPSA) is 72.3 Å². The molecule has 1 aliphatic rings. The molecule has 0 saturated carbocycles. The molecular formula is C8H14N2O. The summed E-state index contributed by atoms with van der Waals surface area (Å²) < 4.78 is 0. The van der Waals surface area contributed by atoms with Crippen molar-refractivity contribution in [2.75, 3.05) is 0 Å². The second-order valence-electron chi connectivity index (χ2n) is 3.03. The van der Waals surface area contributed by atoms with E-state index in [2.05, 4.69) is 0 Å². The molecule has 0 bridgehead atoms. The molecule has 0 heterocycles. The van der Waals surface area contributed by atoms with Crippen molar-refractivity contribution >= 4 is 0 Å². The Morgan fingerprint density at radius 2 is 2.36 bits per heavy atom. The lowest BCUT2D eigenvalue weighted by atomic mass is 9.87. The summed E-state index contributed by atoms with van der Waals surface area (Å²) in [6.07, 6.45) is 5.38. The number of nitrogens with two attached hydrogens (primary N) is 2. The Balaban J connectivity index is 2.74. The Morgan fingerprint density at radius 1 is 1.73 bits per heavy atom. The molecule has 0 amide bonds. The highest BCUT2D eigenvalue weighted by Gasteiger charge is 2.27. The van der Waals surface area contributed by atoms with Gasteiger partial charge in [0, 0.05) is 5.70 Å². The molecule has 0 aromatic heterocycles. The van der Waals surface area contributed by atoms with Gasteiger partial charge in [-0.2, -0.15) is 0 Å². The molecule has 3 nitrogen and oxygen atoms in total. The van der Waals surface area contributed by atoms with Gasteiger partial charge in [0.2, 0.25) is 0 Å². The number of allylic oxidation sites excluding steroid dienone is 1. The summed E-state index contributed by atoms with van der Waals surface area (Å²) in [5.74, 6) is 0. The predicted octanol–water partition coefficient (Wildman–Crippen LogP) is -0.133. The summed E-state index contributed by atoms with van der Waals surface area (Å²) >= 11 is 0. The van der Waals surface area contributed by atoms with E-state index >= 15 is 0 Å². The molecule has 0 spiro atoms. The molecule has 5 N–H and O–H groups in total. The Hall–Kier alpha value is -0.800. The first-order valence-corrected chi connectivity index (χ1v) is 3.66. The second kappa shape index (κ2) is 2.68. The third kappa shape index (κ3) is 1.61. The molecule has 0 saturated heterocycles. The van der Waals surface area contributed by atoms with Crippen LogP contribution in [0.4, 0.5) is 0 Å². The first-order valence-electron chi connectivity index (χ1n) is 3.66. The maximum absolute atomic E-state index is 9.28. The number of rotatable bonds is 1. The molecular weight excluding hydrogens is 140 g/mol. The van der Waals surface area contributed by atoms with Gasteiger partial charge in [-0.15, -0.1) is 0 Å². The van der Waals surface area contributed by atoms with Gasteiger partial charge in [0.25, 0.3) is 0 Å². The van der Waals surface area contributed by atoms with Gasteiger partial charge in [0.15, 0.2) is 0 Å². The van der Waals surface area contributed by atoms with Crippen molar-refractivity contribution in [3.05, 3.63) is 23.9 Å². The smallest absolute Gasteiger partial charge is 0.0730 e. The third-order valence-electron chi connectivity index (χ3n) is 2.06. The summed E-state index contributed by atoms with van der Waals surface area (Å²) in [4.78, 5) is 0. The van der Waals surface area contributed by atoms with Crippen LogP contribution in [0.1, 0.15) is 13.3 Å². The van der Waals surface area contributed by atoms with Crippen LogP contribution >= 0.6 is 0 Å². The molecule has 1 rings (SSSR count). The van der Waals surface area contributed by atoms with E-state index in [1.165, 1.54) is 0 Å². The van der Waals surface area contributed by atoms with E-state index in [9.17, 15) is 5.11 Å². The zero-order chi connectivity index (χ0) is 8.48. The summed E-state index contributed by atoms with van der Waals surface area (Å²) in [5, 5.41) is 9.28. The molecule has 3 heteroatoms. The van der Waals surface area contributed by atoms with E-state index in [4.69, 9.17) is 11.5 Å². The molecule has 0 aromatic rings. The average molecular weight is 154 g/mol. The highest BCUT2D eigenvalue weighted by molar-refractivity contribution is 5.27. The van der Waals surface area contributed by atoms with Gasteiger partial charge in [0.05, 0.1) is 11.6 Å². The van der Waals surface area contributed by atoms with Gasteiger partial charge in [-0.05, 0) is 19.4 Å². The molecule has 62 valence electrons. The fourth-order valence-electron chi connectivity index (χ4n) is 0.992. The molecule has 2 unspecified atom stereocenters. The Morgan fingerprint density at radius 3 is 2.73 bits per heavy atom. The van der Waals surface area contributed by atoms with E-state index in [0.29, 0.717) is 12.1 Å². The standard InChI is InChI=1S/C8H14N2O/c1-6(11)8(10)4-2-7(9)3-5-8/h2-4,6,11H,5,9-10H2,1H3. The van der Waals surface area contributed by atoms with Crippen LogP contribution in [0.15, 0.2) is 23.9 Å². The largest absolute Gasteiger partial charge is 0.399 e. The van der Waals surface area contributed by atoms with Crippen LogP contribution in [-0.2, 0) is 0 Å². The van der Waals surface area contributed by atoms with Crippen molar-refractivity contribution in [3.63, 3.8) is 0 Å². The maximum atomic E-state index is 9.28. The van der Waals surface area contributed by atoms with Gasteiger partial charge < -0.3 is 16.6 Å². The van der Waals surface area contributed by atoms with Crippen LogP contribution in [0.3, 0.4) is 0 Å². The van der Waals surface area contributed by atoms with Crippen LogP contribution < -0.4 is 11.5 Å². The molecule has 2 atom stereocenters. The molecule has 11 heavy (non-hydrogen) atoms. The number of aliphatic hydroxyl groups excluding tert-OH is 1. The van der Waals surface area contributed by atoms with Crippen molar-refractivity contribution in [2.45, 2.75) is 25.0 Å². The van der Waals surface area contributed by atoms with Gasteiger partial charge in [-0.3, -0.25) is 0 Å². The summed E-state index contributed by atoms with van der Waals surface area (Å²) in [5.41, 5.74) is 11.4. The van der Waals surface area contributed by atoms with Crippen LogP contribution in [-0.4, -0.2) is 16.7 Å². The Labute approximate surface area is 66.4 Å². The normalized spacial score (nSPS) is 33.2. The highest BCUT2D eigenvalue weighted by atomic mass is 16.3.